The van der Waals surface area contributed by atoms with Crippen molar-refractivity contribution < 1.29 is 0 Å². The van der Waals surface area contributed by atoms with E-state index in [1.54, 1.807) is 0 Å². The minimum Gasteiger partial charge on any atom is -0.354 e. The van der Waals surface area contributed by atoms with Crippen molar-refractivity contribution in [3.8, 4) is 0 Å². The van der Waals surface area contributed by atoms with Crippen LogP contribution in [-0.2, 0) is 12.0 Å². The SMILES string of the molecule is CCCNCc1cc(N(CC)C(C)C)nc(C(C)(C)C)c1. The molecule has 120 valence electrons. The topological polar surface area (TPSA) is 28.2 Å². The number of rotatable bonds is 7. The van der Waals surface area contributed by atoms with Crippen LogP contribution in [-0.4, -0.2) is 24.1 Å². The van der Waals surface area contributed by atoms with E-state index in [1.807, 2.05) is 0 Å². The molecule has 0 aromatic carbocycles. The van der Waals surface area contributed by atoms with Crippen LogP contribution in [0.5, 0.6) is 0 Å². The van der Waals surface area contributed by atoms with Gasteiger partial charge in [-0.15, -0.1) is 0 Å². The van der Waals surface area contributed by atoms with Crippen LogP contribution >= 0.6 is 0 Å². The molecule has 3 nitrogen and oxygen atoms in total. The highest BCUT2D eigenvalue weighted by Gasteiger charge is 2.19. The van der Waals surface area contributed by atoms with E-state index >= 15 is 0 Å². The zero-order valence-electron chi connectivity index (χ0n) is 15.0. The van der Waals surface area contributed by atoms with Crippen molar-refractivity contribution >= 4 is 5.82 Å². The Balaban J connectivity index is 3.14. The molecule has 1 aromatic rings. The summed E-state index contributed by atoms with van der Waals surface area (Å²) in [6.07, 6.45) is 1.16. The van der Waals surface area contributed by atoms with Crippen LogP contribution < -0.4 is 10.2 Å². The Morgan fingerprint density at radius 1 is 1.19 bits per heavy atom. The van der Waals surface area contributed by atoms with Gasteiger partial charge in [0.15, 0.2) is 0 Å². The Labute approximate surface area is 131 Å². The number of nitrogens with one attached hydrogen (secondary N) is 1. The zero-order chi connectivity index (χ0) is 16.0. The van der Waals surface area contributed by atoms with E-state index in [4.69, 9.17) is 4.98 Å². The minimum absolute atomic E-state index is 0.0753. The summed E-state index contributed by atoms with van der Waals surface area (Å²) >= 11 is 0. The molecule has 1 rings (SSSR count). The van der Waals surface area contributed by atoms with Crippen molar-refractivity contribution in [2.75, 3.05) is 18.0 Å². The van der Waals surface area contributed by atoms with Crippen molar-refractivity contribution in [3.05, 3.63) is 23.4 Å². The van der Waals surface area contributed by atoms with Crippen molar-refractivity contribution in [1.29, 1.82) is 0 Å². The molecule has 0 spiro atoms. The van der Waals surface area contributed by atoms with Gasteiger partial charge in [0.1, 0.15) is 5.82 Å². The molecule has 1 aromatic heterocycles. The van der Waals surface area contributed by atoms with Gasteiger partial charge in [0.25, 0.3) is 0 Å². The number of hydrogen-bond donors (Lipinski definition) is 1. The van der Waals surface area contributed by atoms with E-state index in [2.05, 4.69) is 70.8 Å². The summed E-state index contributed by atoms with van der Waals surface area (Å²) in [5, 5.41) is 3.50. The first-order valence-corrected chi connectivity index (χ1v) is 8.28. The first-order valence-electron chi connectivity index (χ1n) is 8.28. The second kappa shape index (κ2) is 7.79. The van der Waals surface area contributed by atoms with Crippen molar-refractivity contribution in [2.45, 2.75) is 72.9 Å². The van der Waals surface area contributed by atoms with Gasteiger partial charge in [-0.3, -0.25) is 0 Å². The highest BCUT2D eigenvalue weighted by molar-refractivity contribution is 5.44. The number of aromatic nitrogens is 1. The Kier molecular flexibility index (Phi) is 6.66. The monoisotopic (exact) mass is 291 g/mol. The molecule has 3 heteroatoms. The molecule has 0 unspecified atom stereocenters. The maximum absolute atomic E-state index is 4.92. The van der Waals surface area contributed by atoms with Gasteiger partial charge >= 0.3 is 0 Å². The van der Waals surface area contributed by atoms with E-state index in [9.17, 15) is 0 Å². The zero-order valence-corrected chi connectivity index (χ0v) is 15.0. The summed E-state index contributed by atoms with van der Waals surface area (Å²) in [4.78, 5) is 7.28. The molecule has 0 aliphatic carbocycles. The van der Waals surface area contributed by atoms with Gasteiger partial charge in [0.2, 0.25) is 0 Å². The van der Waals surface area contributed by atoms with Gasteiger partial charge < -0.3 is 10.2 Å². The molecule has 0 atom stereocenters. The van der Waals surface area contributed by atoms with Gasteiger partial charge in [-0.25, -0.2) is 4.98 Å². The highest BCUT2D eigenvalue weighted by Crippen LogP contribution is 2.25. The Bertz CT molecular complexity index is 433. The van der Waals surface area contributed by atoms with E-state index in [1.165, 1.54) is 11.3 Å². The molecule has 21 heavy (non-hydrogen) atoms. The number of anilines is 1. The Morgan fingerprint density at radius 2 is 1.86 bits per heavy atom. The van der Waals surface area contributed by atoms with Crippen LogP contribution in [0.2, 0.25) is 0 Å². The van der Waals surface area contributed by atoms with Gasteiger partial charge in [-0.05, 0) is 51.4 Å². The van der Waals surface area contributed by atoms with E-state index in [0.29, 0.717) is 6.04 Å². The third-order valence-corrected chi connectivity index (χ3v) is 3.65. The van der Waals surface area contributed by atoms with Crippen LogP contribution in [0.4, 0.5) is 5.82 Å². The molecule has 0 fully saturated rings. The lowest BCUT2D eigenvalue weighted by Gasteiger charge is -2.29. The van der Waals surface area contributed by atoms with Crippen LogP contribution in [0.1, 0.15) is 66.1 Å². The first kappa shape index (κ1) is 18.0. The summed E-state index contributed by atoms with van der Waals surface area (Å²) in [6.45, 7) is 18.5. The molecular weight excluding hydrogens is 258 g/mol. The fourth-order valence-corrected chi connectivity index (χ4v) is 2.41. The molecule has 0 bridgehead atoms. The van der Waals surface area contributed by atoms with Crippen LogP contribution in [0.15, 0.2) is 12.1 Å². The van der Waals surface area contributed by atoms with Gasteiger partial charge in [-0.2, -0.15) is 0 Å². The molecule has 0 radical (unpaired) electrons. The average Bonchev–Trinajstić information content (AvgIpc) is 2.38. The van der Waals surface area contributed by atoms with Crippen molar-refractivity contribution in [3.63, 3.8) is 0 Å². The summed E-state index contributed by atoms with van der Waals surface area (Å²) < 4.78 is 0. The highest BCUT2D eigenvalue weighted by atomic mass is 15.2. The second-order valence-corrected chi connectivity index (χ2v) is 7.03. The van der Waals surface area contributed by atoms with Crippen LogP contribution in [0.3, 0.4) is 0 Å². The van der Waals surface area contributed by atoms with Gasteiger partial charge in [-0.1, -0.05) is 27.7 Å². The molecule has 0 saturated carbocycles. The molecule has 1 N–H and O–H groups in total. The van der Waals surface area contributed by atoms with E-state index in [0.717, 1.165) is 31.9 Å². The maximum atomic E-state index is 4.92. The summed E-state index contributed by atoms with van der Waals surface area (Å²) in [5.41, 5.74) is 2.58. The van der Waals surface area contributed by atoms with Crippen molar-refractivity contribution in [2.24, 2.45) is 0 Å². The fraction of sp³-hybridized carbons (Fsp3) is 0.722. The summed E-state index contributed by atoms with van der Waals surface area (Å²) in [7, 11) is 0. The molecule has 0 amide bonds. The normalized spacial score (nSPS) is 12.0. The van der Waals surface area contributed by atoms with Gasteiger partial charge in [0, 0.05) is 30.2 Å². The first-order chi connectivity index (χ1) is 9.79. The third-order valence-electron chi connectivity index (χ3n) is 3.65. The fourth-order valence-electron chi connectivity index (χ4n) is 2.41. The Morgan fingerprint density at radius 3 is 2.33 bits per heavy atom. The lowest BCUT2D eigenvalue weighted by atomic mass is 9.90. The van der Waals surface area contributed by atoms with Crippen LogP contribution in [0, 0.1) is 0 Å². The predicted molar refractivity (Wildman–Crippen MR) is 93.1 cm³/mol. The van der Waals surface area contributed by atoms with E-state index in [-0.39, 0.29) is 5.41 Å². The molecule has 0 aliphatic heterocycles. The smallest absolute Gasteiger partial charge is 0.129 e. The third kappa shape index (κ3) is 5.31. The largest absolute Gasteiger partial charge is 0.354 e. The van der Waals surface area contributed by atoms with E-state index < -0.39 is 0 Å². The van der Waals surface area contributed by atoms with Crippen molar-refractivity contribution in [1.82, 2.24) is 10.3 Å². The summed E-state index contributed by atoms with van der Waals surface area (Å²) in [6, 6.07) is 4.95. The lowest BCUT2D eigenvalue weighted by Crippen LogP contribution is -2.32. The number of hydrogen-bond acceptors (Lipinski definition) is 3. The standard InChI is InChI=1S/C18H33N3/c1-8-10-19-13-15-11-16(18(5,6)7)20-17(12-15)21(9-2)14(3)4/h11-12,14,19H,8-10,13H2,1-7H3. The number of pyridine rings is 1. The Hall–Kier alpha value is -1.09. The second-order valence-electron chi connectivity index (χ2n) is 7.03. The quantitative estimate of drug-likeness (QED) is 0.766. The number of nitrogens with zero attached hydrogens (tertiary/aromatic N) is 2. The molecule has 0 saturated heterocycles. The maximum Gasteiger partial charge on any atom is 0.129 e. The minimum atomic E-state index is 0.0753. The molecule has 1 heterocycles. The van der Waals surface area contributed by atoms with Gasteiger partial charge in [0.05, 0.1) is 0 Å². The van der Waals surface area contributed by atoms with Crippen LogP contribution in [0.25, 0.3) is 0 Å². The lowest BCUT2D eigenvalue weighted by molar-refractivity contribution is 0.562. The molecular formula is C18H33N3. The average molecular weight is 291 g/mol. The molecule has 0 aliphatic rings. The summed E-state index contributed by atoms with van der Waals surface area (Å²) in [5.74, 6) is 1.10. The predicted octanol–water partition coefficient (Wildman–Crippen LogP) is 4.11.